The van der Waals surface area contributed by atoms with Gasteiger partial charge in [-0.15, -0.1) is 10.2 Å². The molecular formula is C21H27FN6O2S. The van der Waals surface area contributed by atoms with Gasteiger partial charge in [-0.2, -0.15) is 0 Å². The van der Waals surface area contributed by atoms with Crippen LogP contribution in [0.4, 0.5) is 16.0 Å². The second-order valence-corrected chi connectivity index (χ2v) is 9.06. The average molecular weight is 447 g/mol. The van der Waals surface area contributed by atoms with Crippen molar-refractivity contribution in [2.24, 2.45) is 0 Å². The highest BCUT2D eigenvalue weighted by Crippen LogP contribution is 2.41. The Hall–Kier alpha value is -2.33. The molecule has 166 valence electrons. The minimum Gasteiger partial charge on any atom is -0.378 e. The number of halogens is 1. The maximum absolute atomic E-state index is 13.1. The van der Waals surface area contributed by atoms with Crippen LogP contribution in [0.15, 0.2) is 29.4 Å². The molecule has 0 radical (unpaired) electrons. The van der Waals surface area contributed by atoms with Crippen LogP contribution in [0.25, 0.3) is 0 Å². The lowest BCUT2D eigenvalue weighted by molar-refractivity contribution is -0.128. The van der Waals surface area contributed by atoms with Crippen LogP contribution >= 0.6 is 11.8 Å². The molecule has 1 amide bonds. The number of hydrogen-bond donors (Lipinski definition) is 0. The zero-order valence-corrected chi connectivity index (χ0v) is 18.3. The molecule has 2 saturated heterocycles. The predicted molar refractivity (Wildman–Crippen MR) is 117 cm³/mol. The Kier molecular flexibility index (Phi) is 5.99. The van der Waals surface area contributed by atoms with Crippen LogP contribution in [-0.4, -0.2) is 83.8 Å². The lowest BCUT2D eigenvalue weighted by atomic mass is 10.2. The molecule has 3 aliphatic rings. The summed E-state index contributed by atoms with van der Waals surface area (Å²) in [5.41, 5.74) is 0.996. The summed E-state index contributed by atoms with van der Waals surface area (Å²) in [5.74, 6) is 1.17. The highest BCUT2D eigenvalue weighted by Gasteiger charge is 2.32. The summed E-state index contributed by atoms with van der Waals surface area (Å²) in [6, 6.07) is 6.98. The van der Waals surface area contributed by atoms with Gasteiger partial charge in [0, 0.05) is 51.0 Å². The standard InChI is InChI=1S/C21H27FN6O2S/c22-16-1-3-17(4-2-16)25-7-9-26(10-8-25)19(29)15-31-21-24-23-20(28(21)18-5-6-18)27-11-13-30-14-12-27/h1-4,18H,5-15H2. The fourth-order valence-corrected chi connectivity index (χ4v) is 4.99. The lowest BCUT2D eigenvalue weighted by Gasteiger charge is -2.36. The van der Waals surface area contributed by atoms with Crippen molar-refractivity contribution in [3.8, 4) is 0 Å². The number of thioether (sulfide) groups is 1. The first kappa shape index (κ1) is 20.6. The van der Waals surface area contributed by atoms with E-state index in [1.165, 1.54) is 23.9 Å². The molecule has 0 unspecified atom stereocenters. The van der Waals surface area contributed by atoms with Gasteiger partial charge >= 0.3 is 0 Å². The van der Waals surface area contributed by atoms with Crippen LogP contribution in [0.3, 0.4) is 0 Å². The van der Waals surface area contributed by atoms with Crippen LogP contribution in [0.1, 0.15) is 18.9 Å². The molecule has 10 heteroatoms. The number of carbonyl (C=O) groups excluding carboxylic acids is 1. The first-order valence-corrected chi connectivity index (χ1v) is 11.9. The van der Waals surface area contributed by atoms with Crippen LogP contribution in [0, 0.1) is 5.82 Å². The van der Waals surface area contributed by atoms with Gasteiger partial charge in [-0.1, -0.05) is 11.8 Å². The van der Waals surface area contributed by atoms with Gasteiger partial charge in [0.1, 0.15) is 5.82 Å². The van der Waals surface area contributed by atoms with Crippen LogP contribution < -0.4 is 9.80 Å². The number of anilines is 2. The van der Waals surface area contributed by atoms with E-state index < -0.39 is 0 Å². The molecule has 0 bridgehead atoms. The monoisotopic (exact) mass is 446 g/mol. The molecule has 1 aromatic heterocycles. The van der Waals surface area contributed by atoms with Crippen molar-refractivity contribution in [1.29, 1.82) is 0 Å². The van der Waals surface area contributed by atoms with Gasteiger partial charge in [-0.25, -0.2) is 4.39 Å². The molecule has 0 N–H and O–H groups in total. The third kappa shape index (κ3) is 4.64. The third-order valence-electron chi connectivity index (χ3n) is 6.00. The maximum Gasteiger partial charge on any atom is 0.233 e. The Balaban J connectivity index is 1.17. The van der Waals surface area contributed by atoms with Gasteiger partial charge in [-0.3, -0.25) is 9.36 Å². The average Bonchev–Trinajstić information content (AvgIpc) is 3.57. The highest BCUT2D eigenvalue weighted by molar-refractivity contribution is 7.99. The van der Waals surface area contributed by atoms with Crippen molar-refractivity contribution in [1.82, 2.24) is 19.7 Å². The van der Waals surface area contributed by atoms with Gasteiger partial charge in [0.05, 0.1) is 19.0 Å². The number of aromatic nitrogens is 3. The maximum atomic E-state index is 13.1. The Bertz CT molecular complexity index is 905. The molecule has 2 aromatic rings. The second-order valence-electron chi connectivity index (χ2n) is 8.12. The number of morpholine rings is 1. The van der Waals surface area contributed by atoms with Gasteiger partial charge in [0.2, 0.25) is 11.9 Å². The Morgan fingerprint density at radius 3 is 2.39 bits per heavy atom. The van der Waals surface area contributed by atoms with Crippen molar-refractivity contribution in [2.45, 2.75) is 24.0 Å². The molecule has 5 rings (SSSR count). The molecule has 0 spiro atoms. The van der Waals surface area contributed by atoms with Crippen molar-refractivity contribution >= 4 is 29.3 Å². The number of nitrogens with zero attached hydrogens (tertiary/aromatic N) is 6. The Morgan fingerprint density at radius 2 is 1.71 bits per heavy atom. The van der Waals surface area contributed by atoms with Gasteiger partial charge in [-0.05, 0) is 37.1 Å². The Labute approximate surface area is 185 Å². The zero-order chi connectivity index (χ0) is 21.2. The molecule has 0 atom stereocenters. The fourth-order valence-electron chi connectivity index (χ4n) is 4.08. The van der Waals surface area contributed by atoms with E-state index in [0.29, 0.717) is 38.1 Å². The van der Waals surface area contributed by atoms with E-state index in [4.69, 9.17) is 4.74 Å². The molecule has 1 aromatic carbocycles. The number of carbonyl (C=O) groups is 1. The summed E-state index contributed by atoms with van der Waals surface area (Å²) in [6.07, 6.45) is 2.28. The first-order chi connectivity index (χ1) is 15.2. The normalized spacial score (nSPS) is 19.7. The molecule has 8 nitrogen and oxygen atoms in total. The summed E-state index contributed by atoms with van der Waals surface area (Å²) in [7, 11) is 0. The van der Waals surface area contributed by atoms with E-state index in [9.17, 15) is 9.18 Å². The van der Waals surface area contributed by atoms with E-state index in [-0.39, 0.29) is 11.7 Å². The topological polar surface area (TPSA) is 66.7 Å². The van der Waals surface area contributed by atoms with E-state index in [1.807, 2.05) is 4.90 Å². The SMILES string of the molecule is O=C(CSc1nnc(N2CCOCC2)n1C1CC1)N1CCN(c2ccc(F)cc2)CC1. The van der Waals surface area contributed by atoms with E-state index in [0.717, 1.165) is 55.8 Å². The van der Waals surface area contributed by atoms with E-state index >= 15 is 0 Å². The largest absolute Gasteiger partial charge is 0.378 e. The number of ether oxygens (including phenoxy) is 1. The number of piperazine rings is 1. The summed E-state index contributed by atoms with van der Waals surface area (Å²) < 4.78 is 20.8. The van der Waals surface area contributed by atoms with Gasteiger partial charge < -0.3 is 19.4 Å². The minimum absolute atomic E-state index is 0.127. The summed E-state index contributed by atoms with van der Waals surface area (Å²) >= 11 is 1.49. The van der Waals surface area contributed by atoms with Gasteiger partial charge in [0.25, 0.3) is 0 Å². The first-order valence-electron chi connectivity index (χ1n) is 10.9. The van der Waals surface area contributed by atoms with Crippen molar-refractivity contribution in [3.05, 3.63) is 30.1 Å². The summed E-state index contributed by atoms with van der Waals surface area (Å²) in [4.78, 5) is 19.1. The third-order valence-corrected chi connectivity index (χ3v) is 6.93. The van der Waals surface area contributed by atoms with Crippen LogP contribution in [-0.2, 0) is 9.53 Å². The van der Waals surface area contributed by atoms with Crippen molar-refractivity contribution < 1.29 is 13.9 Å². The zero-order valence-electron chi connectivity index (χ0n) is 17.5. The highest BCUT2D eigenvalue weighted by atomic mass is 32.2. The summed E-state index contributed by atoms with van der Waals surface area (Å²) in [6.45, 7) is 5.92. The van der Waals surface area contributed by atoms with Gasteiger partial charge in [0.15, 0.2) is 5.16 Å². The number of hydrogen-bond acceptors (Lipinski definition) is 7. The molecule has 1 saturated carbocycles. The molecule has 3 heterocycles. The smallest absolute Gasteiger partial charge is 0.233 e. The summed E-state index contributed by atoms with van der Waals surface area (Å²) in [5, 5.41) is 9.69. The van der Waals surface area contributed by atoms with Crippen molar-refractivity contribution in [2.75, 3.05) is 68.0 Å². The van der Waals surface area contributed by atoms with Crippen molar-refractivity contribution in [3.63, 3.8) is 0 Å². The number of rotatable bonds is 6. The molecule has 3 fully saturated rings. The second kappa shape index (κ2) is 9.04. The molecule has 31 heavy (non-hydrogen) atoms. The molecule has 1 aliphatic carbocycles. The number of benzene rings is 1. The van der Waals surface area contributed by atoms with Crippen LogP contribution in [0.5, 0.6) is 0 Å². The Morgan fingerprint density at radius 1 is 1.00 bits per heavy atom. The van der Waals surface area contributed by atoms with Crippen LogP contribution in [0.2, 0.25) is 0 Å². The quantitative estimate of drug-likeness (QED) is 0.629. The predicted octanol–water partition coefficient (Wildman–Crippen LogP) is 2.03. The van der Waals surface area contributed by atoms with E-state index in [2.05, 4.69) is 24.6 Å². The molecule has 2 aliphatic heterocycles. The number of amides is 1. The molecular weight excluding hydrogens is 419 g/mol. The minimum atomic E-state index is -0.231. The van der Waals surface area contributed by atoms with E-state index in [1.54, 1.807) is 12.1 Å². The fraction of sp³-hybridized carbons (Fsp3) is 0.571. The lowest BCUT2D eigenvalue weighted by Crippen LogP contribution is -2.49.